The molecule has 1 aliphatic rings. The summed E-state index contributed by atoms with van der Waals surface area (Å²) in [4.78, 5) is 7.12. The van der Waals surface area contributed by atoms with E-state index < -0.39 is 0 Å². The average Bonchev–Trinajstić information content (AvgIpc) is 3.19. The molecule has 5 aromatic rings. The number of aromatic hydroxyl groups is 1. The summed E-state index contributed by atoms with van der Waals surface area (Å²) >= 11 is 0. The maximum absolute atomic E-state index is 11.0. The predicted octanol–water partition coefficient (Wildman–Crippen LogP) is 6.01. The molecule has 2 N–H and O–H groups in total. The topological polar surface area (TPSA) is 53.3 Å². The van der Waals surface area contributed by atoms with Gasteiger partial charge < -0.3 is 15.0 Å². The predicted molar refractivity (Wildman–Crippen MR) is 139 cm³/mol. The van der Waals surface area contributed by atoms with Gasteiger partial charge in [0.05, 0.1) is 5.52 Å². The molecule has 0 aliphatic carbocycles. The zero-order chi connectivity index (χ0) is 23.1. The van der Waals surface area contributed by atoms with Crippen LogP contribution < -0.4 is 5.32 Å². The first-order chi connectivity index (χ1) is 16.7. The molecule has 6 rings (SSSR count). The van der Waals surface area contributed by atoms with Crippen LogP contribution in [0, 0.1) is 6.92 Å². The third kappa shape index (κ3) is 3.78. The Kier molecular flexibility index (Phi) is 5.19. The largest absolute Gasteiger partial charge is 0.494 e. The lowest BCUT2D eigenvalue weighted by Crippen LogP contribution is -2.33. The Hall–Kier alpha value is -3.83. The maximum atomic E-state index is 11.0. The summed E-state index contributed by atoms with van der Waals surface area (Å²) in [6.07, 6.45) is 3.16. The van der Waals surface area contributed by atoms with Gasteiger partial charge in [-0.05, 0) is 48.7 Å². The standard InChI is InChI=1S/C29H28N4O/c1-20-17-28(24-9-4-5-11-26(24)30-20)31-27-12-6-10-23-25(27)19-33(29(23)34)16-15-32-14-13-21-7-2-3-8-22(21)18-32/h2-12,17,19,34H,13-16,18H2,1H3,(H,30,31). The van der Waals surface area contributed by atoms with E-state index in [4.69, 9.17) is 0 Å². The van der Waals surface area contributed by atoms with Crippen molar-refractivity contribution in [1.29, 1.82) is 0 Å². The summed E-state index contributed by atoms with van der Waals surface area (Å²) in [6, 6.07) is 25.0. The Morgan fingerprint density at radius 2 is 1.65 bits per heavy atom. The van der Waals surface area contributed by atoms with Crippen molar-refractivity contribution >= 4 is 33.1 Å². The van der Waals surface area contributed by atoms with Gasteiger partial charge in [-0.1, -0.05) is 48.5 Å². The molecule has 1 aliphatic heterocycles. The first-order valence-electron chi connectivity index (χ1n) is 11.9. The smallest absolute Gasteiger partial charge is 0.199 e. The fraction of sp³-hybridized carbons (Fsp3) is 0.207. The number of aryl methyl sites for hydroxylation is 1. The van der Waals surface area contributed by atoms with E-state index in [0.29, 0.717) is 5.88 Å². The van der Waals surface area contributed by atoms with Crippen molar-refractivity contribution in [3.05, 3.63) is 95.8 Å². The molecule has 3 aromatic carbocycles. The minimum absolute atomic E-state index is 0.326. The maximum Gasteiger partial charge on any atom is 0.199 e. The Bertz CT molecular complexity index is 1500. The highest BCUT2D eigenvalue weighted by atomic mass is 16.3. The van der Waals surface area contributed by atoms with E-state index in [-0.39, 0.29) is 0 Å². The molecule has 2 aromatic heterocycles. The third-order valence-electron chi connectivity index (χ3n) is 6.88. The molecule has 0 atom stereocenters. The first-order valence-corrected chi connectivity index (χ1v) is 11.9. The lowest BCUT2D eigenvalue weighted by atomic mass is 10.00. The molecular weight excluding hydrogens is 420 g/mol. The van der Waals surface area contributed by atoms with Crippen molar-refractivity contribution in [2.45, 2.75) is 26.4 Å². The normalized spacial score (nSPS) is 13.9. The second kappa shape index (κ2) is 8.50. The van der Waals surface area contributed by atoms with Crippen LogP contribution in [0.2, 0.25) is 0 Å². The lowest BCUT2D eigenvalue weighted by molar-refractivity contribution is 0.240. The van der Waals surface area contributed by atoms with Crippen LogP contribution in [0.4, 0.5) is 11.4 Å². The monoisotopic (exact) mass is 448 g/mol. The van der Waals surface area contributed by atoms with Crippen LogP contribution in [0.3, 0.4) is 0 Å². The van der Waals surface area contributed by atoms with E-state index in [9.17, 15) is 5.11 Å². The first kappa shape index (κ1) is 20.8. The highest BCUT2D eigenvalue weighted by molar-refractivity contribution is 6.01. The fourth-order valence-corrected chi connectivity index (χ4v) is 5.10. The van der Waals surface area contributed by atoms with Crippen LogP contribution in [0.25, 0.3) is 21.7 Å². The summed E-state index contributed by atoms with van der Waals surface area (Å²) in [7, 11) is 0. The number of hydrogen-bond acceptors (Lipinski definition) is 4. The number of anilines is 2. The number of fused-ring (bicyclic) bond motifs is 3. The molecule has 3 heterocycles. The fourth-order valence-electron chi connectivity index (χ4n) is 5.10. The number of para-hydroxylation sites is 1. The Labute approximate surface area is 199 Å². The van der Waals surface area contributed by atoms with Crippen LogP contribution in [-0.2, 0) is 19.5 Å². The molecule has 34 heavy (non-hydrogen) atoms. The Morgan fingerprint density at radius 1 is 0.853 bits per heavy atom. The van der Waals surface area contributed by atoms with Gasteiger partial charge in [-0.25, -0.2) is 0 Å². The van der Waals surface area contributed by atoms with Crippen LogP contribution in [-0.4, -0.2) is 32.6 Å². The second-order valence-electron chi connectivity index (χ2n) is 9.16. The zero-order valence-corrected chi connectivity index (χ0v) is 19.3. The van der Waals surface area contributed by atoms with Crippen molar-refractivity contribution in [2.75, 3.05) is 18.4 Å². The van der Waals surface area contributed by atoms with E-state index in [0.717, 1.165) is 71.3 Å². The van der Waals surface area contributed by atoms with Gasteiger partial charge in [0.2, 0.25) is 0 Å². The van der Waals surface area contributed by atoms with E-state index >= 15 is 0 Å². The van der Waals surface area contributed by atoms with E-state index in [2.05, 4.69) is 63.9 Å². The highest BCUT2D eigenvalue weighted by Crippen LogP contribution is 2.35. The molecule has 0 radical (unpaired) electrons. The van der Waals surface area contributed by atoms with E-state index in [1.807, 2.05) is 41.8 Å². The number of benzene rings is 3. The van der Waals surface area contributed by atoms with Crippen LogP contribution in [0.1, 0.15) is 16.8 Å². The molecule has 0 amide bonds. The number of pyridine rings is 1. The summed E-state index contributed by atoms with van der Waals surface area (Å²) in [6.45, 7) is 5.69. The highest BCUT2D eigenvalue weighted by Gasteiger charge is 2.17. The molecule has 0 unspecified atom stereocenters. The molecule has 5 nitrogen and oxygen atoms in total. The molecular formula is C29H28N4O. The molecule has 0 saturated heterocycles. The van der Waals surface area contributed by atoms with Gasteiger partial charge in [0.25, 0.3) is 0 Å². The molecule has 0 fully saturated rings. The summed E-state index contributed by atoms with van der Waals surface area (Å²) in [5.74, 6) is 0.326. The van der Waals surface area contributed by atoms with Gasteiger partial charge in [-0.2, -0.15) is 0 Å². The van der Waals surface area contributed by atoms with Crippen molar-refractivity contribution in [3.8, 4) is 5.88 Å². The number of nitrogens with zero attached hydrogens (tertiary/aromatic N) is 3. The van der Waals surface area contributed by atoms with Gasteiger partial charge >= 0.3 is 0 Å². The SMILES string of the molecule is Cc1cc(Nc2cccc3c(O)n(CCN4CCc5ccccc5C4)cc23)c2ccccc2n1. The van der Waals surface area contributed by atoms with Crippen molar-refractivity contribution < 1.29 is 5.11 Å². The Balaban J connectivity index is 1.27. The summed E-state index contributed by atoms with van der Waals surface area (Å²) in [5, 5.41) is 17.6. The van der Waals surface area contributed by atoms with Crippen LogP contribution in [0.15, 0.2) is 79.0 Å². The second-order valence-corrected chi connectivity index (χ2v) is 9.16. The number of hydrogen-bond donors (Lipinski definition) is 2. The van der Waals surface area contributed by atoms with Gasteiger partial charge in [0.15, 0.2) is 5.88 Å². The van der Waals surface area contributed by atoms with Crippen LogP contribution in [0.5, 0.6) is 5.88 Å². The quantitative estimate of drug-likeness (QED) is 0.346. The third-order valence-corrected chi connectivity index (χ3v) is 6.88. The van der Waals surface area contributed by atoms with Crippen molar-refractivity contribution in [1.82, 2.24) is 14.5 Å². The summed E-state index contributed by atoms with van der Waals surface area (Å²) < 4.78 is 1.98. The molecule has 5 heteroatoms. The van der Waals surface area contributed by atoms with Gasteiger partial charge in [-0.3, -0.25) is 9.88 Å². The lowest BCUT2D eigenvalue weighted by Gasteiger charge is -2.28. The number of nitrogens with one attached hydrogen (secondary N) is 1. The number of aromatic nitrogens is 2. The molecule has 0 spiro atoms. The van der Waals surface area contributed by atoms with E-state index in [1.165, 1.54) is 11.1 Å². The van der Waals surface area contributed by atoms with Crippen molar-refractivity contribution in [2.24, 2.45) is 0 Å². The van der Waals surface area contributed by atoms with Crippen LogP contribution >= 0.6 is 0 Å². The summed E-state index contributed by atoms with van der Waals surface area (Å²) in [5.41, 5.74) is 6.83. The van der Waals surface area contributed by atoms with Gasteiger partial charge in [0.1, 0.15) is 0 Å². The minimum Gasteiger partial charge on any atom is -0.494 e. The molecule has 170 valence electrons. The van der Waals surface area contributed by atoms with Gasteiger partial charge in [-0.15, -0.1) is 0 Å². The number of rotatable bonds is 5. The minimum atomic E-state index is 0.326. The molecule has 0 bridgehead atoms. The molecule has 0 saturated carbocycles. The van der Waals surface area contributed by atoms with Gasteiger partial charge in [0, 0.05) is 65.6 Å². The average molecular weight is 449 g/mol. The Morgan fingerprint density at radius 3 is 2.56 bits per heavy atom. The van der Waals surface area contributed by atoms with Crippen molar-refractivity contribution in [3.63, 3.8) is 0 Å². The zero-order valence-electron chi connectivity index (χ0n) is 19.3. The van der Waals surface area contributed by atoms with E-state index in [1.54, 1.807) is 0 Å².